The van der Waals surface area contributed by atoms with Crippen LogP contribution in [-0.2, 0) is 19.6 Å². The molecule has 0 radical (unpaired) electrons. The Bertz CT molecular complexity index is 497. The summed E-state index contributed by atoms with van der Waals surface area (Å²) in [7, 11) is -3.86. The zero-order chi connectivity index (χ0) is 12.9. The molecule has 0 aliphatic rings. The van der Waals surface area contributed by atoms with Gasteiger partial charge in [-0.05, 0) is 19.1 Å². The fourth-order valence-electron chi connectivity index (χ4n) is 1.12. The Balaban J connectivity index is 2.74. The van der Waals surface area contributed by atoms with Crippen LogP contribution in [0.25, 0.3) is 0 Å². The summed E-state index contributed by atoms with van der Waals surface area (Å²) in [6, 6.07) is 5.83. The van der Waals surface area contributed by atoms with E-state index in [1.54, 1.807) is 19.1 Å². The van der Waals surface area contributed by atoms with Crippen molar-refractivity contribution < 1.29 is 23.1 Å². The zero-order valence-corrected chi connectivity index (χ0v) is 10.0. The highest BCUT2D eigenvalue weighted by Gasteiger charge is 2.18. The van der Waals surface area contributed by atoms with Gasteiger partial charge in [-0.2, -0.15) is 0 Å². The van der Waals surface area contributed by atoms with Gasteiger partial charge in [0, 0.05) is 0 Å². The topological polar surface area (TPSA) is 92.7 Å². The van der Waals surface area contributed by atoms with Crippen LogP contribution in [-0.4, -0.2) is 31.9 Å². The van der Waals surface area contributed by atoms with Crippen LogP contribution in [0.2, 0.25) is 0 Å². The van der Waals surface area contributed by atoms with Crippen molar-refractivity contribution in [1.29, 1.82) is 0 Å². The maximum absolute atomic E-state index is 11.5. The van der Waals surface area contributed by atoms with E-state index in [9.17, 15) is 18.3 Å². The van der Waals surface area contributed by atoms with Crippen molar-refractivity contribution in [1.82, 2.24) is 0 Å². The molecule has 17 heavy (non-hydrogen) atoms. The Kier molecular flexibility index (Phi) is 4.33. The summed E-state index contributed by atoms with van der Waals surface area (Å²) < 4.78 is 29.7. The van der Waals surface area contributed by atoms with Gasteiger partial charge in [0.25, 0.3) is 0 Å². The van der Waals surface area contributed by atoms with Gasteiger partial charge in [-0.15, -0.1) is 0 Å². The zero-order valence-electron chi connectivity index (χ0n) is 9.21. The first-order valence-corrected chi connectivity index (χ1v) is 6.54. The van der Waals surface area contributed by atoms with Crippen molar-refractivity contribution >= 4 is 21.7 Å². The SMILES string of the molecule is CCOC(=O)CS(=O)(=O)Nc1ccccc1O. The maximum atomic E-state index is 11.5. The van der Waals surface area contributed by atoms with E-state index >= 15 is 0 Å². The minimum atomic E-state index is -3.86. The van der Waals surface area contributed by atoms with Crippen LogP contribution >= 0.6 is 0 Å². The van der Waals surface area contributed by atoms with E-state index in [0.717, 1.165) is 0 Å². The molecule has 0 aliphatic carbocycles. The van der Waals surface area contributed by atoms with Crippen LogP contribution in [0, 0.1) is 0 Å². The number of sulfonamides is 1. The Morgan fingerprint density at radius 2 is 2.06 bits per heavy atom. The van der Waals surface area contributed by atoms with Crippen LogP contribution in [0.4, 0.5) is 5.69 Å². The number of phenolic OH excluding ortho intramolecular Hbond substituents is 1. The van der Waals surface area contributed by atoms with Gasteiger partial charge in [0.1, 0.15) is 5.75 Å². The fourth-order valence-corrected chi connectivity index (χ4v) is 2.09. The standard InChI is InChI=1S/C10H13NO5S/c1-2-16-10(13)7-17(14,15)11-8-5-3-4-6-9(8)12/h3-6,11-12H,2,7H2,1H3. The molecule has 0 bridgehead atoms. The third-order valence-corrected chi connectivity index (χ3v) is 2.93. The predicted molar refractivity (Wildman–Crippen MR) is 62.1 cm³/mol. The molecule has 6 nitrogen and oxygen atoms in total. The average molecular weight is 259 g/mol. The molecule has 7 heteroatoms. The quantitative estimate of drug-likeness (QED) is 0.599. The third-order valence-electron chi connectivity index (χ3n) is 1.78. The number of rotatable bonds is 5. The highest BCUT2D eigenvalue weighted by molar-refractivity contribution is 7.93. The van der Waals surface area contributed by atoms with Gasteiger partial charge in [0.05, 0.1) is 12.3 Å². The van der Waals surface area contributed by atoms with Crippen molar-refractivity contribution in [3.05, 3.63) is 24.3 Å². The highest BCUT2D eigenvalue weighted by Crippen LogP contribution is 2.22. The van der Waals surface area contributed by atoms with E-state index in [4.69, 9.17) is 0 Å². The van der Waals surface area contributed by atoms with E-state index in [2.05, 4.69) is 9.46 Å². The number of anilines is 1. The summed E-state index contributed by atoms with van der Waals surface area (Å²) in [5.74, 6) is -1.83. The van der Waals surface area contributed by atoms with Crippen molar-refractivity contribution in [2.75, 3.05) is 17.1 Å². The molecule has 0 aromatic heterocycles. The van der Waals surface area contributed by atoms with Crippen LogP contribution in [0.3, 0.4) is 0 Å². The number of aromatic hydroxyl groups is 1. The summed E-state index contributed by atoms with van der Waals surface area (Å²) in [5, 5.41) is 9.37. The molecule has 0 saturated heterocycles. The number of hydrogen-bond acceptors (Lipinski definition) is 5. The minimum Gasteiger partial charge on any atom is -0.506 e. The number of benzene rings is 1. The third kappa shape index (κ3) is 4.31. The largest absolute Gasteiger partial charge is 0.506 e. The highest BCUT2D eigenvalue weighted by atomic mass is 32.2. The summed E-state index contributed by atoms with van der Waals surface area (Å²) in [4.78, 5) is 11.0. The van der Waals surface area contributed by atoms with Gasteiger partial charge in [0.2, 0.25) is 10.0 Å². The van der Waals surface area contributed by atoms with Gasteiger partial charge >= 0.3 is 5.97 Å². The first kappa shape index (κ1) is 13.3. The molecule has 0 spiro atoms. The lowest BCUT2D eigenvalue weighted by atomic mass is 10.3. The summed E-state index contributed by atoms with van der Waals surface area (Å²) in [6.07, 6.45) is 0. The molecule has 2 N–H and O–H groups in total. The molecule has 0 unspecified atom stereocenters. The number of carbonyl (C=O) groups is 1. The number of carbonyl (C=O) groups excluding carboxylic acids is 1. The molecule has 94 valence electrons. The van der Waals surface area contributed by atoms with E-state index in [-0.39, 0.29) is 18.0 Å². The Hall–Kier alpha value is -1.76. The van der Waals surface area contributed by atoms with E-state index in [1.165, 1.54) is 12.1 Å². The molecule has 1 rings (SSSR count). The van der Waals surface area contributed by atoms with Crippen LogP contribution < -0.4 is 4.72 Å². The Morgan fingerprint density at radius 3 is 2.65 bits per heavy atom. The monoisotopic (exact) mass is 259 g/mol. The predicted octanol–water partition coefficient (Wildman–Crippen LogP) is 0.697. The number of esters is 1. The van der Waals surface area contributed by atoms with Crippen LogP contribution in [0.1, 0.15) is 6.92 Å². The molecule has 0 amide bonds. The molecule has 0 atom stereocenters. The van der Waals surface area contributed by atoms with Crippen molar-refractivity contribution in [2.24, 2.45) is 0 Å². The second-order valence-corrected chi connectivity index (χ2v) is 4.91. The molecular weight excluding hydrogens is 246 g/mol. The van der Waals surface area contributed by atoms with Crippen molar-refractivity contribution in [3.8, 4) is 5.75 Å². The lowest BCUT2D eigenvalue weighted by molar-refractivity contribution is -0.139. The lowest BCUT2D eigenvalue weighted by Gasteiger charge is -2.08. The summed E-state index contributed by atoms with van der Waals surface area (Å²) >= 11 is 0. The second-order valence-electron chi connectivity index (χ2n) is 3.18. The van der Waals surface area contributed by atoms with Crippen LogP contribution in [0.15, 0.2) is 24.3 Å². The minimum absolute atomic E-state index is 0.0248. The maximum Gasteiger partial charge on any atom is 0.323 e. The van der Waals surface area contributed by atoms with E-state index in [1.807, 2.05) is 0 Å². The van der Waals surface area contributed by atoms with Crippen LogP contribution in [0.5, 0.6) is 5.75 Å². The number of nitrogens with one attached hydrogen (secondary N) is 1. The smallest absolute Gasteiger partial charge is 0.323 e. The van der Waals surface area contributed by atoms with Crippen molar-refractivity contribution in [3.63, 3.8) is 0 Å². The lowest BCUT2D eigenvalue weighted by Crippen LogP contribution is -2.24. The first-order chi connectivity index (χ1) is 7.94. The van der Waals surface area contributed by atoms with Gasteiger partial charge in [0.15, 0.2) is 5.75 Å². The molecular formula is C10H13NO5S. The average Bonchev–Trinajstić information content (AvgIpc) is 2.20. The Morgan fingerprint density at radius 1 is 1.41 bits per heavy atom. The number of ether oxygens (including phenoxy) is 1. The van der Waals surface area contributed by atoms with E-state index < -0.39 is 21.7 Å². The molecule has 1 aromatic carbocycles. The fraction of sp³-hybridized carbons (Fsp3) is 0.300. The second kappa shape index (κ2) is 5.53. The van der Waals surface area contributed by atoms with Gasteiger partial charge < -0.3 is 9.84 Å². The van der Waals surface area contributed by atoms with Gasteiger partial charge in [-0.3, -0.25) is 9.52 Å². The Labute approximate surface area is 99.3 Å². The molecule has 0 heterocycles. The summed E-state index contributed by atoms with van der Waals surface area (Å²) in [6.45, 7) is 1.70. The van der Waals surface area contributed by atoms with E-state index in [0.29, 0.717) is 0 Å². The first-order valence-electron chi connectivity index (χ1n) is 4.88. The number of hydrogen-bond donors (Lipinski definition) is 2. The molecule has 0 saturated carbocycles. The summed E-state index contributed by atoms with van der Waals surface area (Å²) in [5.41, 5.74) is 0.0248. The normalized spacial score (nSPS) is 10.9. The number of phenols is 1. The molecule has 0 aliphatic heterocycles. The molecule has 1 aromatic rings. The van der Waals surface area contributed by atoms with Gasteiger partial charge in [-0.25, -0.2) is 8.42 Å². The molecule has 0 fully saturated rings. The number of para-hydroxylation sites is 2. The van der Waals surface area contributed by atoms with Crippen molar-refractivity contribution in [2.45, 2.75) is 6.92 Å². The van der Waals surface area contributed by atoms with Gasteiger partial charge in [-0.1, -0.05) is 12.1 Å².